The van der Waals surface area contributed by atoms with Crippen LogP contribution in [-0.4, -0.2) is 78.1 Å². The summed E-state index contributed by atoms with van der Waals surface area (Å²) < 4.78 is 47.2. The minimum atomic E-state index is -1.88. The lowest BCUT2D eigenvalue weighted by Crippen LogP contribution is -2.45. The van der Waals surface area contributed by atoms with E-state index in [4.69, 9.17) is 25.8 Å². The first-order valence-corrected chi connectivity index (χ1v) is 16.5. The van der Waals surface area contributed by atoms with E-state index in [0.29, 0.717) is 60.3 Å². The highest BCUT2D eigenvalue weighted by Gasteiger charge is 2.32. The second-order valence-electron chi connectivity index (χ2n) is 11.6. The zero-order valence-corrected chi connectivity index (χ0v) is 27.5. The highest BCUT2D eigenvalue weighted by atomic mass is 35.5. The first kappa shape index (κ1) is 34.7. The smallest absolute Gasteiger partial charge is 0.438 e. The largest absolute Gasteiger partial charge is 0.491 e. The van der Waals surface area contributed by atoms with Crippen molar-refractivity contribution in [3.63, 3.8) is 0 Å². The van der Waals surface area contributed by atoms with Crippen LogP contribution in [0.3, 0.4) is 0 Å². The number of carbonyl (C=O) groups is 2. The van der Waals surface area contributed by atoms with Crippen LogP contribution >= 0.6 is 11.6 Å². The predicted molar refractivity (Wildman–Crippen MR) is 170 cm³/mol. The van der Waals surface area contributed by atoms with Gasteiger partial charge >= 0.3 is 6.09 Å². The number of aliphatic hydroxyl groups is 1. The predicted octanol–water partition coefficient (Wildman–Crippen LogP) is 5.10. The van der Waals surface area contributed by atoms with Gasteiger partial charge in [0, 0.05) is 43.6 Å². The number of hydrogen-bond donors (Lipinski definition) is 2. The standard InChI is InChI=1S/C32H41ClFN3O7S/c1-5-21-12-14-37-19-23(26-10-8-24(33)17-22(26)13-15-38)20-42-29-11-9-25(18-27(29)37)45(41)35-30(39)32(2,3)43-16-6-7-28(21)44-31(40)36(4)34/h6-11,17-18,21,23,28,38H,5,12-16,19-20H2,1-4H3,(H,35,39)/b7-6+. The Kier molecular flexibility index (Phi) is 11.9. The molecule has 10 nitrogen and oxygen atoms in total. The number of anilines is 1. The van der Waals surface area contributed by atoms with Gasteiger partial charge in [-0.2, -0.15) is 0 Å². The van der Waals surface area contributed by atoms with Crippen LogP contribution in [0.15, 0.2) is 53.4 Å². The lowest BCUT2D eigenvalue weighted by atomic mass is 9.91. The van der Waals surface area contributed by atoms with E-state index >= 15 is 0 Å². The van der Waals surface area contributed by atoms with Crippen molar-refractivity contribution < 1.29 is 37.6 Å². The molecule has 0 fully saturated rings. The Bertz CT molecular complexity index is 1420. The van der Waals surface area contributed by atoms with Gasteiger partial charge in [-0.3, -0.25) is 9.52 Å². The van der Waals surface area contributed by atoms with Gasteiger partial charge in [-0.25, -0.2) is 9.00 Å². The van der Waals surface area contributed by atoms with Gasteiger partial charge in [0.2, 0.25) is 0 Å². The molecule has 0 saturated heterocycles. The average Bonchev–Trinajstić information content (AvgIpc) is 3.18. The summed E-state index contributed by atoms with van der Waals surface area (Å²) >= 11 is 6.29. The molecule has 2 heterocycles. The molecule has 45 heavy (non-hydrogen) atoms. The molecule has 2 bridgehead atoms. The van der Waals surface area contributed by atoms with Crippen LogP contribution in [0.25, 0.3) is 0 Å². The van der Waals surface area contributed by atoms with Crippen molar-refractivity contribution in [1.82, 2.24) is 9.84 Å². The summed E-state index contributed by atoms with van der Waals surface area (Å²) in [6, 6.07) is 10.8. The summed E-state index contributed by atoms with van der Waals surface area (Å²) in [6.45, 7) is 6.42. The summed E-state index contributed by atoms with van der Waals surface area (Å²) in [5.74, 6) is -0.292. The molecular formula is C32H41ClFN3O7S. The van der Waals surface area contributed by atoms with Crippen molar-refractivity contribution in [3.8, 4) is 5.75 Å². The molecule has 2 aliphatic rings. The number of aliphatic hydroxyl groups excluding tert-OH is 1. The van der Waals surface area contributed by atoms with Crippen LogP contribution in [0.4, 0.5) is 15.0 Å². The van der Waals surface area contributed by atoms with Gasteiger partial charge in [-0.05, 0) is 80.6 Å². The fourth-order valence-electron chi connectivity index (χ4n) is 5.48. The number of rotatable bonds is 5. The Balaban J connectivity index is 1.76. The topological polar surface area (TPSA) is 118 Å². The average molecular weight is 666 g/mol. The summed E-state index contributed by atoms with van der Waals surface area (Å²) in [6.07, 6.45) is 3.02. The third kappa shape index (κ3) is 8.75. The monoisotopic (exact) mass is 665 g/mol. The van der Waals surface area contributed by atoms with Gasteiger partial charge < -0.3 is 24.2 Å². The minimum Gasteiger partial charge on any atom is -0.491 e. The molecule has 0 aliphatic carbocycles. The van der Waals surface area contributed by atoms with E-state index < -0.39 is 34.7 Å². The van der Waals surface area contributed by atoms with E-state index in [2.05, 4.69) is 9.62 Å². The van der Waals surface area contributed by atoms with E-state index in [9.17, 15) is 23.4 Å². The maximum absolute atomic E-state index is 13.7. The lowest BCUT2D eigenvalue weighted by Gasteiger charge is -2.31. The Labute approximate surface area is 271 Å². The molecule has 2 N–H and O–H groups in total. The first-order valence-electron chi connectivity index (χ1n) is 15.0. The highest BCUT2D eigenvalue weighted by Crippen LogP contribution is 2.38. The zero-order valence-electron chi connectivity index (χ0n) is 26.0. The van der Waals surface area contributed by atoms with Crippen LogP contribution in [0.2, 0.25) is 5.02 Å². The molecule has 2 amide bonds. The number of fused-ring (bicyclic) bond motifs is 1. The quantitative estimate of drug-likeness (QED) is 0.335. The van der Waals surface area contributed by atoms with Crippen molar-refractivity contribution in [2.24, 2.45) is 5.92 Å². The molecule has 13 heteroatoms. The van der Waals surface area contributed by atoms with Gasteiger partial charge in [0.05, 0.1) is 23.8 Å². The summed E-state index contributed by atoms with van der Waals surface area (Å²) in [4.78, 5) is 27.9. The normalized spacial score (nSPS) is 24.5. The van der Waals surface area contributed by atoms with E-state index in [1.807, 2.05) is 25.1 Å². The number of nitrogens with one attached hydrogen (secondary N) is 1. The molecule has 0 spiro atoms. The van der Waals surface area contributed by atoms with Crippen LogP contribution < -0.4 is 14.4 Å². The van der Waals surface area contributed by atoms with Crippen molar-refractivity contribution >= 4 is 40.3 Å². The molecule has 2 aliphatic heterocycles. The van der Waals surface area contributed by atoms with Crippen molar-refractivity contribution in [2.45, 2.75) is 62.6 Å². The van der Waals surface area contributed by atoms with Gasteiger partial charge in [-0.15, -0.1) is 5.12 Å². The molecule has 2 aromatic carbocycles. The summed E-state index contributed by atoms with van der Waals surface area (Å²) in [5.41, 5.74) is 1.29. The van der Waals surface area contributed by atoms with Crippen molar-refractivity contribution in [3.05, 3.63) is 64.7 Å². The van der Waals surface area contributed by atoms with Gasteiger partial charge in [0.15, 0.2) is 11.0 Å². The molecule has 4 atom stereocenters. The molecule has 246 valence electrons. The Morgan fingerprint density at radius 3 is 2.78 bits per heavy atom. The van der Waals surface area contributed by atoms with Gasteiger partial charge in [-0.1, -0.05) is 35.1 Å². The molecule has 4 rings (SSSR count). The van der Waals surface area contributed by atoms with Crippen molar-refractivity contribution in [2.75, 3.05) is 44.9 Å². The summed E-state index contributed by atoms with van der Waals surface area (Å²) in [7, 11) is -0.898. The fourth-order valence-corrected chi connectivity index (χ4v) is 6.62. The number of carbonyl (C=O) groups excluding carboxylic acids is 2. The maximum Gasteiger partial charge on any atom is 0.438 e. The lowest BCUT2D eigenvalue weighted by molar-refractivity contribution is -0.139. The number of benzene rings is 2. The fraction of sp³-hybridized carbons (Fsp3) is 0.500. The maximum atomic E-state index is 13.7. The van der Waals surface area contributed by atoms with E-state index in [0.717, 1.165) is 18.2 Å². The molecular weight excluding hydrogens is 625 g/mol. The molecule has 0 radical (unpaired) electrons. The van der Waals surface area contributed by atoms with E-state index in [1.54, 1.807) is 44.2 Å². The van der Waals surface area contributed by atoms with Crippen LogP contribution in [0, 0.1) is 5.92 Å². The first-order chi connectivity index (χ1) is 21.4. The Hall–Kier alpha value is -3.19. The van der Waals surface area contributed by atoms with E-state index in [1.165, 1.54) is 0 Å². The third-order valence-corrected chi connectivity index (χ3v) is 9.43. The van der Waals surface area contributed by atoms with Crippen molar-refractivity contribution in [1.29, 1.82) is 0 Å². The van der Waals surface area contributed by atoms with E-state index in [-0.39, 0.29) is 30.2 Å². The van der Waals surface area contributed by atoms with Gasteiger partial charge in [0.25, 0.3) is 5.91 Å². The SMILES string of the molecule is CCC1CCN2CC(c3ccc(Cl)cc3CCO)COc3ccc(cc32)S(=O)NC(=O)C(C)(C)OC/C=C/C1OC(=O)N(C)F. The number of amides is 2. The highest BCUT2D eigenvalue weighted by molar-refractivity contribution is 7.83. The zero-order chi connectivity index (χ0) is 32.7. The molecule has 0 saturated carbocycles. The number of hydrogen-bond acceptors (Lipinski definition) is 8. The summed E-state index contributed by atoms with van der Waals surface area (Å²) in [5, 5.41) is 10.2. The minimum absolute atomic E-state index is 0.00422. The van der Waals surface area contributed by atoms with Crippen LogP contribution in [0.1, 0.15) is 50.7 Å². The Morgan fingerprint density at radius 1 is 1.29 bits per heavy atom. The van der Waals surface area contributed by atoms with Crippen LogP contribution in [0.5, 0.6) is 5.75 Å². The molecule has 4 unspecified atom stereocenters. The third-order valence-electron chi connectivity index (χ3n) is 8.14. The number of halogens is 2. The van der Waals surface area contributed by atoms with Crippen LogP contribution in [-0.2, 0) is 31.7 Å². The second kappa shape index (κ2) is 15.4. The molecule has 0 aromatic heterocycles. The second-order valence-corrected chi connectivity index (χ2v) is 13.3. The van der Waals surface area contributed by atoms with Gasteiger partial charge in [0.1, 0.15) is 17.5 Å². The number of nitrogens with zero attached hydrogens (tertiary/aromatic N) is 2. The molecule has 2 aromatic rings. The Morgan fingerprint density at radius 2 is 2.07 bits per heavy atom. The number of ether oxygens (including phenoxy) is 3.